The SMILES string of the molecule is COc1cccc2sc(NC(=O)c3nc(-n4nc(C)cc4C)ccc3Cl)nc12. The number of ether oxygens (including phenoxy) is 1. The van der Waals surface area contributed by atoms with E-state index in [1.54, 1.807) is 23.9 Å². The van der Waals surface area contributed by atoms with Crippen LogP contribution in [0.3, 0.4) is 0 Å². The van der Waals surface area contributed by atoms with Crippen LogP contribution in [0.2, 0.25) is 5.02 Å². The number of thiazole rings is 1. The molecule has 1 N–H and O–H groups in total. The molecule has 7 nitrogen and oxygen atoms in total. The number of carbonyl (C=O) groups is 1. The first kappa shape index (κ1) is 18.4. The average Bonchev–Trinajstić information content (AvgIpc) is 3.23. The molecular weight excluding hydrogens is 398 g/mol. The first-order valence-electron chi connectivity index (χ1n) is 8.41. The number of fused-ring (bicyclic) bond motifs is 1. The molecule has 0 atom stereocenters. The molecule has 142 valence electrons. The number of carbonyl (C=O) groups excluding carboxylic acids is 1. The van der Waals surface area contributed by atoms with Gasteiger partial charge in [-0.1, -0.05) is 29.0 Å². The fourth-order valence-corrected chi connectivity index (χ4v) is 3.94. The number of rotatable bonds is 4. The predicted octanol–water partition coefficient (Wildman–Crippen LogP) is 4.41. The summed E-state index contributed by atoms with van der Waals surface area (Å²) in [5.41, 5.74) is 2.58. The van der Waals surface area contributed by atoms with E-state index in [0.717, 1.165) is 16.1 Å². The van der Waals surface area contributed by atoms with Gasteiger partial charge in [0.2, 0.25) is 0 Å². The van der Waals surface area contributed by atoms with Gasteiger partial charge < -0.3 is 4.74 Å². The minimum Gasteiger partial charge on any atom is -0.494 e. The maximum absolute atomic E-state index is 12.8. The number of hydrogen-bond donors (Lipinski definition) is 1. The molecule has 0 spiro atoms. The number of hydrogen-bond acceptors (Lipinski definition) is 6. The first-order valence-corrected chi connectivity index (χ1v) is 9.61. The summed E-state index contributed by atoms with van der Waals surface area (Å²) >= 11 is 7.58. The number of methoxy groups -OCH3 is 1. The van der Waals surface area contributed by atoms with Gasteiger partial charge in [-0.3, -0.25) is 10.1 Å². The number of aryl methyl sites for hydroxylation is 2. The highest BCUT2D eigenvalue weighted by molar-refractivity contribution is 7.22. The van der Waals surface area contributed by atoms with E-state index in [1.165, 1.54) is 11.3 Å². The van der Waals surface area contributed by atoms with Gasteiger partial charge in [0.15, 0.2) is 10.9 Å². The van der Waals surface area contributed by atoms with E-state index >= 15 is 0 Å². The van der Waals surface area contributed by atoms with E-state index in [2.05, 4.69) is 20.4 Å². The summed E-state index contributed by atoms with van der Waals surface area (Å²) in [6, 6.07) is 10.9. The summed E-state index contributed by atoms with van der Waals surface area (Å²) in [5, 5.41) is 7.87. The fraction of sp³-hybridized carbons (Fsp3) is 0.158. The predicted molar refractivity (Wildman–Crippen MR) is 110 cm³/mol. The van der Waals surface area contributed by atoms with Crippen molar-refractivity contribution in [1.82, 2.24) is 19.7 Å². The molecule has 1 amide bonds. The van der Waals surface area contributed by atoms with Crippen LogP contribution < -0.4 is 10.1 Å². The average molecular weight is 414 g/mol. The lowest BCUT2D eigenvalue weighted by Gasteiger charge is -2.08. The number of nitrogens with one attached hydrogen (secondary N) is 1. The molecule has 0 aliphatic carbocycles. The molecule has 0 unspecified atom stereocenters. The highest BCUT2D eigenvalue weighted by atomic mass is 35.5. The van der Waals surface area contributed by atoms with Crippen LogP contribution in [0.1, 0.15) is 21.9 Å². The number of nitrogens with zero attached hydrogens (tertiary/aromatic N) is 4. The van der Waals surface area contributed by atoms with Crippen LogP contribution in [-0.2, 0) is 0 Å². The highest BCUT2D eigenvalue weighted by Crippen LogP contribution is 2.32. The minimum absolute atomic E-state index is 0.109. The summed E-state index contributed by atoms with van der Waals surface area (Å²) in [4.78, 5) is 21.6. The lowest BCUT2D eigenvalue weighted by atomic mass is 10.3. The molecule has 4 rings (SSSR count). The number of aromatic nitrogens is 4. The van der Waals surface area contributed by atoms with Crippen molar-refractivity contribution in [1.29, 1.82) is 0 Å². The lowest BCUT2D eigenvalue weighted by molar-refractivity contribution is 0.102. The Labute approximate surface area is 170 Å². The van der Waals surface area contributed by atoms with E-state index in [9.17, 15) is 4.79 Å². The zero-order valence-electron chi connectivity index (χ0n) is 15.4. The van der Waals surface area contributed by atoms with Crippen molar-refractivity contribution in [2.45, 2.75) is 13.8 Å². The lowest BCUT2D eigenvalue weighted by Crippen LogP contribution is -2.16. The van der Waals surface area contributed by atoms with Crippen molar-refractivity contribution < 1.29 is 9.53 Å². The van der Waals surface area contributed by atoms with Crippen molar-refractivity contribution in [3.8, 4) is 11.6 Å². The summed E-state index contributed by atoms with van der Waals surface area (Å²) in [6.07, 6.45) is 0. The van der Waals surface area contributed by atoms with Crippen LogP contribution in [0.15, 0.2) is 36.4 Å². The molecular formula is C19H16ClN5O2S. The summed E-state index contributed by atoms with van der Waals surface area (Å²) in [6.45, 7) is 3.82. The van der Waals surface area contributed by atoms with Gasteiger partial charge in [0.25, 0.3) is 5.91 Å². The molecule has 28 heavy (non-hydrogen) atoms. The van der Waals surface area contributed by atoms with Gasteiger partial charge in [-0.15, -0.1) is 0 Å². The normalized spacial score (nSPS) is 11.0. The smallest absolute Gasteiger partial charge is 0.277 e. The second-order valence-electron chi connectivity index (χ2n) is 6.12. The quantitative estimate of drug-likeness (QED) is 0.536. The third-order valence-corrected chi connectivity index (χ3v) is 5.34. The molecule has 0 aliphatic heterocycles. The molecule has 0 radical (unpaired) electrons. The summed E-state index contributed by atoms with van der Waals surface area (Å²) < 4.78 is 7.89. The van der Waals surface area contributed by atoms with Crippen LogP contribution in [0.25, 0.3) is 16.0 Å². The maximum atomic E-state index is 12.8. The molecule has 0 fully saturated rings. The topological polar surface area (TPSA) is 81.9 Å². The summed E-state index contributed by atoms with van der Waals surface area (Å²) in [5.74, 6) is 0.731. The largest absolute Gasteiger partial charge is 0.494 e. The maximum Gasteiger partial charge on any atom is 0.277 e. The van der Waals surface area contributed by atoms with E-state index in [-0.39, 0.29) is 10.7 Å². The highest BCUT2D eigenvalue weighted by Gasteiger charge is 2.18. The van der Waals surface area contributed by atoms with Crippen molar-refractivity contribution >= 4 is 44.2 Å². The van der Waals surface area contributed by atoms with E-state index in [4.69, 9.17) is 16.3 Å². The second-order valence-corrected chi connectivity index (χ2v) is 7.56. The Hall–Kier alpha value is -2.97. The Bertz CT molecular complexity index is 1200. The number of anilines is 1. The van der Waals surface area contributed by atoms with Crippen LogP contribution in [-0.4, -0.2) is 32.8 Å². The van der Waals surface area contributed by atoms with Crippen molar-refractivity contribution in [3.05, 3.63) is 58.5 Å². The minimum atomic E-state index is -0.439. The van der Waals surface area contributed by atoms with Gasteiger partial charge in [0.05, 0.1) is 22.5 Å². The molecule has 3 heterocycles. The Kier molecular flexibility index (Phi) is 4.74. The molecule has 0 aliphatic rings. The molecule has 1 aromatic carbocycles. The Morgan fingerprint density at radius 1 is 1.21 bits per heavy atom. The first-order chi connectivity index (χ1) is 13.5. The van der Waals surface area contributed by atoms with E-state index in [1.807, 2.05) is 38.1 Å². The van der Waals surface area contributed by atoms with Crippen molar-refractivity contribution in [3.63, 3.8) is 0 Å². The molecule has 9 heteroatoms. The monoisotopic (exact) mass is 413 g/mol. The zero-order chi connectivity index (χ0) is 19.8. The number of halogens is 1. The van der Waals surface area contributed by atoms with Crippen LogP contribution in [0.5, 0.6) is 5.75 Å². The number of benzene rings is 1. The Morgan fingerprint density at radius 3 is 2.75 bits per heavy atom. The van der Waals surface area contributed by atoms with Crippen LogP contribution >= 0.6 is 22.9 Å². The van der Waals surface area contributed by atoms with Gasteiger partial charge in [-0.2, -0.15) is 5.10 Å². The van der Waals surface area contributed by atoms with Crippen molar-refractivity contribution in [2.24, 2.45) is 0 Å². The third-order valence-electron chi connectivity index (χ3n) is 4.10. The van der Waals surface area contributed by atoms with E-state index in [0.29, 0.717) is 22.2 Å². The second kappa shape index (κ2) is 7.21. The zero-order valence-corrected chi connectivity index (χ0v) is 16.9. The number of amides is 1. The fourth-order valence-electron chi connectivity index (χ4n) is 2.87. The molecule has 0 saturated carbocycles. The Morgan fingerprint density at radius 2 is 2.04 bits per heavy atom. The van der Waals surface area contributed by atoms with Crippen molar-refractivity contribution in [2.75, 3.05) is 12.4 Å². The molecule has 3 aromatic heterocycles. The molecule has 0 bridgehead atoms. The van der Waals surface area contributed by atoms with E-state index < -0.39 is 5.91 Å². The van der Waals surface area contributed by atoms with Gasteiger partial charge in [-0.25, -0.2) is 14.6 Å². The van der Waals surface area contributed by atoms with Gasteiger partial charge >= 0.3 is 0 Å². The standard InChI is InChI=1S/C19H16ClN5O2S/c1-10-9-11(2)25(24-10)15-8-7-12(20)16(21-15)18(26)23-19-22-17-13(27-3)5-4-6-14(17)28-19/h4-9H,1-3H3,(H,22,23,26). The van der Waals surface area contributed by atoms with Gasteiger partial charge in [0, 0.05) is 5.69 Å². The summed E-state index contributed by atoms with van der Waals surface area (Å²) in [7, 11) is 1.58. The number of para-hydroxylation sites is 1. The van der Waals surface area contributed by atoms with Gasteiger partial charge in [-0.05, 0) is 44.2 Å². The number of pyridine rings is 1. The van der Waals surface area contributed by atoms with Crippen LogP contribution in [0.4, 0.5) is 5.13 Å². The van der Waals surface area contributed by atoms with Gasteiger partial charge in [0.1, 0.15) is 17.0 Å². The van der Waals surface area contributed by atoms with Crippen LogP contribution in [0, 0.1) is 13.8 Å². The third kappa shape index (κ3) is 3.32. The Balaban J connectivity index is 1.67. The molecule has 0 saturated heterocycles. The molecule has 4 aromatic rings.